The highest BCUT2D eigenvalue weighted by Crippen LogP contribution is 2.26. The van der Waals surface area contributed by atoms with Crippen molar-refractivity contribution in [1.29, 1.82) is 0 Å². The Morgan fingerprint density at radius 3 is 2.18 bits per heavy atom. The van der Waals surface area contributed by atoms with Gasteiger partial charge < -0.3 is 18.8 Å². The Morgan fingerprint density at radius 1 is 0.727 bits per heavy atom. The van der Waals surface area contributed by atoms with Gasteiger partial charge in [0.25, 0.3) is 0 Å². The molecule has 0 saturated heterocycles. The van der Waals surface area contributed by atoms with Crippen molar-refractivity contribution in [3.63, 3.8) is 0 Å². The molecule has 2 heterocycles. The van der Waals surface area contributed by atoms with Gasteiger partial charge in [-0.3, -0.25) is 4.40 Å². The van der Waals surface area contributed by atoms with Crippen LogP contribution in [0.2, 0.25) is 0 Å². The molecule has 0 aliphatic carbocycles. The summed E-state index contributed by atoms with van der Waals surface area (Å²) < 4.78 is 21.2. The minimum Gasteiger partial charge on any atom is -0.497 e. The highest BCUT2D eigenvalue weighted by molar-refractivity contribution is 7.99. The number of rotatable bonds is 10. The summed E-state index contributed by atoms with van der Waals surface area (Å²) in [7, 11) is 1.65. The van der Waals surface area contributed by atoms with Gasteiger partial charge in [-0.2, -0.15) is 0 Å². The number of benzene rings is 3. The third-order valence-electron chi connectivity index (χ3n) is 5.24. The van der Waals surface area contributed by atoms with Crippen molar-refractivity contribution in [2.24, 2.45) is 0 Å². The summed E-state index contributed by atoms with van der Waals surface area (Å²) in [5.74, 6) is 4.06. The first-order valence-corrected chi connectivity index (χ1v) is 11.7. The lowest BCUT2D eigenvalue weighted by Gasteiger charge is -2.07. The average molecular weight is 461 g/mol. The van der Waals surface area contributed by atoms with Crippen LogP contribution in [0.4, 0.5) is 0 Å². The average Bonchev–Trinajstić information content (AvgIpc) is 3.42. The van der Waals surface area contributed by atoms with Gasteiger partial charge in [0, 0.05) is 5.75 Å². The van der Waals surface area contributed by atoms with E-state index in [4.69, 9.17) is 14.2 Å². The molecule has 0 aliphatic rings. The maximum atomic E-state index is 5.91. The highest BCUT2D eigenvalue weighted by atomic mass is 32.2. The SMILES string of the molecule is COc1ccc(OCCSc2nnc3n(CCOc4ccccc4)c4ccccc4n23)cc1. The third-order valence-corrected chi connectivity index (χ3v) is 6.13. The number of imidazole rings is 1. The zero-order chi connectivity index (χ0) is 22.5. The van der Waals surface area contributed by atoms with Crippen LogP contribution in [0.1, 0.15) is 0 Å². The first kappa shape index (κ1) is 21.2. The predicted octanol–water partition coefficient (Wildman–Crippen LogP) is 4.94. The van der Waals surface area contributed by atoms with Crippen LogP contribution in [-0.4, -0.2) is 45.2 Å². The monoisotopic (exact) mass is 460 g/mol. The summed E-state index contributed by atoms with van der Waals surface area (Å²) in [5, 5.41) is 9.77. The fraction of sp³-hybridized carbons (Fsp3) is 0.200. The van der Waals surface area contributed by atoms with Gasteiger partial charge in [0.15, 0.2) is 5.16 Å². The zero-order valence-corrected chi connectivity index (χ0v) is 19.1. The Bertz CT molecular complexity index is 1330. The minimum absolute atomic E-state index is 0.545. The maximum absolute atomic E-state index is 5.91. The maximum Gasteiger partial charge on any atom is 0.237 e. The second kappa shape index (κ2) is 9.87. The van der Waals surface area contributed by atoms with Crippen LogP contribution < -0.4 is 14.2 Å². The van der Waals surface area contributed by atoms with E-state index >= 15 is 0 Å². The van der Waals surface area contributed by atoms with Gasteiger partial charge in [-0.25, -0.2) is 0 Å². The van der Waals surface area contributed by atoms with Gasteiger partial charge in [0.1, 0.15) is 23.9 Å². The molecule has 2 aromatic heterocycles. The summed E-state index contributed by atoms with van der Waals surface area (Å²) in [6.07, 6.45) is 0. The Labute approximate surface area is 195 Å². The van der Waals surface area contributed by atoms with Crippen LogP contribution in [0, 0.1) is 0 Å². The number of fused-ring (bicyclic) bond motifs is 3. The summed E-state index contributed by atoms with van der Waals surface area (Å²) >= 11 is 1.63. The normalized spacial score (nSPS) is 11.2. The van der Waals surface area contributed by atoms with E-state index in [2.05, 4.69) is 31.3 Å². The fourth-order valence-corrected chi connectivity index (χ4v) is 4.44. The van der Waals surface area contributed by atoms with E-state index in [0.717, 1.165) is 45.0 Å². The van der Waals surface area contributed by atoms with Crippen LogP contribution in [0.3, 0.4) is 0 Å². The number of para-hydroxylation sites is 3. The molecule has 33 heavy (non-hydrogen) atoms. The molecule has 0 N–H and O–H groups in total. The first-order chi connectivity index (χ1) is 16.3. The van der Waals surface area contributed by atoms with Gasteiger partial charge in [-0.15, -0.1) is 10.2 Å². The molecule has 5 rings (SSSR count). The van der Waals surface area contributed by atoms with E-state index in [1.54, 1.807) is 18.9 Å². The van der Waals surface area contributed by atoms with Crippen molar-refractivity contribution in [3.05, 3.63) is 78.9 Å². The summed E-state index contributed by atoms with van der Waals surface area (Å²) in [5.41, 5.74) is 2.19. The van der Waals surface area contributed by atoms with E-state index in [0.29, 0.717) is 19.8 Å². The number of methoxy groups -OCH3 is 1. The van der Waals surface area contributed by atoms with E-state index in [1.807, 2.05) is 66.7 Å². The molecule has 7 nitrogen and oxygen atoms in total. The Balaban J connectivity index is 1.28. The van der Waals surface area contributed by atoms with Crippen molar-refractivity contribution in [1.82, 2.24) is 19.2 Å². The predicted molar refractivity (Wildman–Crippen MR) is 130 cm³/mol. The van der Waals surface area contributed by atoms with E-state index in [-0.39, 0.29) is 0 Å². The molecule has 0 fully saturated rings. The number of ether oxygens (including phenoxy) is 3. The molecule has 0 unspecified atom stereocenters. The van der Waals surface area contributed by atoms with Crippen LogP contribution in [0.25, 0.3) is 16.8 Å². The van der Waals surface area contributed by atoms with Gasteiger partial charge in [-0.05, 0) is 48.5 Å². The van der Waals surface area contributed by atoms with E-state index in [9.17, 15) is 0 Å². The topological polar surface area (TPSA) is 62.8 Å². The van der Waals surface area contributed by atoms with Crippen LogP contribution >= 0.6 is 11.8 Å². The second-order valence-electron chi connectivity index (χ2n) is 7.29. The molecule has 0 amide bonds. The molecule has 168 valence electrons. The lowest BCUT2D eigenvalue weighted by Crippen LogP contribution is -2.08. The lowest BCUT2D eigenvalue weighted by atomic mass is 10.3. The molecule has 0 spiro atoms. The van der Waals surface area contributed by atoms with Crippen LogP contribution in [-0.2, 0) is 6.54 Å². The van der Waals surface area contributed by atoms with E-state index in [1.165, 1.54) is 0 Å². The Kier molecular flexibility index (Phi) is 6.34. The summed E-state index contributed by atoms with van der Waals surface area (Å²) in [6.45, 7) is 1.79. The molecule has 5 aromatic rings. The molecular weight excluding hydrogens is 436 g/mol. The van der Waals surface area contributed by atoms with Crippen LogP contribution in [0.15, 0.2) is 84.0 Å². The summed E-state index contributed by atoms with van der Waals surface area (Å²) in [6, 6.07) is 25.7. The number of hydrogen-bond acceptors (Lipinski definition) is 6. The smallest absolute Gasteiger partial charge is 0.237 e. The third kappa shape index (κ3) is 4.61. The number of aromatic nitrogens is 4. The molecular formula is C25H24N4O3S. The van der Waals surface area contributed by atoms with Crippen molar-refractivity contribution in [2.75, 3.05) is 26.1 Å². The minimum atomic E-state index is 0.545. The number of thioether (sulfide) groups is 1. The molecule has 0 radical (unpaired) electrons. The van der Waals surface area contributed by atoms with Crippen LogP contribution in [0.5, 0.6) is 17.2 Å². The Hall–Kier alpha value is -3.65. The molecule has 0 aliphatic heterocycles. The lowest BCUT2D eigenvalue weighted by molar-refractivity contribution is 0.301. The standard InChI is InChI=1S/C25H24N4O3S/c1-30-19-11-13-21(14-12-19)32-17-18-33-25-27-26-24-28(15-16-31-20-7-3-2-4-8-20)22-9-5-6-10-23(22)29(24)25/h2-14H,15-18H2,1H3. The quantitative estimate of drug-likeness (QED) is 0.217. The number of nitrogens with zero attached hydrogens (tertiary/aromatic N) is 4. The highest BCUT2D eigenvalue weighted by Gasteiger charge is 2.17. The molecule has 0 atom stereocenters. The van der Waals surface area contributed by atoms with Crippen molar-refractivity contribution in [3.8, 4) is 17.2 Å². The van der Waals surface area contributed by atoms with E-state index < -0.39 is 0 Å². The largest absolute Gasteiger partial charge is 0.497 e. The molecule has 8 heteroatoms. The van der Waals surface area contributed by atoms with Crippen molar-refractivity contribution < 1.29 is 14.2 Å². The fourth-order valence-electron chi connectivity index (χ4n) is 3.69. The van der Waals surface area contributed by atoms with Gasteiger partial charge in [0.05, 0.1) is 31.3 Å². The van der Waals surface area contributed by atoms with Crippen molar-refractivity contribution in [2.45, 2.75) is 11.7 Å². The second-order valence-corrected chi connectivity index (χ2v) is 8.35. The van der Waals surface area contributed by atoms with Crippen molar-refractivity contribution >= 4 is 28.6 Å². The first-order valence-electron chi connectivity index (χ1n) is 10.7. The molecule has 0 bridgehead atoms. The van der Waals surface area contributed by atoms with Gasteiger partial charge in [-0.1, -0.05) is 42.1 Å². The molecule has 3 aromatic carbocycles. The summed E-state index contributed by atoms with van der Waals surface area (Å²) in [4.78, 5) is 0. The van der Waals surface area contributed by atoms with Gasteiger partial charge >= 0.3 is 0 Å². The zero-order valence-electron chi connectivity index (χ0n) is 18.3. The molecule has 0 saturated carbocycles. The number of hydrogen-bond donors (Lipinski definition) is 0. The van der Waals surface area contributed by atoms with Gasteiger partial charge in [0.2, 0.25) is 5.78 Å². The Morgan fingerprint density at radius 2 is 1.39 bits per heavy atom.